The number of thioether (sulfide) groups is 1. The molecule has 1 fully saturated rings. The molecule has 0 aromatic heterocycles. The van der Waals surface area contributed by atoms with Crippen LogP contribution in [-0.2, 0) is 24.9 Å². The third kappa shape index (κ3) is 7.50. The van der Waals surface area contributed by atoms with Crippen molar-refractivity contribution in [2.75, 3.05) is 12.4 Å². The van der Waals surface area contributed by atoms with Crippen LogP contribution in [0.2, 0.25) is 0 Å². The van der Waals surface area contributed by atoms with E-state index in [0.29, 0.717) is 31.1 Å². The van der Waals surface area contributed by atoms with Gasteiger partial charge in [-0.15, -0.1) is 0 Å². The molecule has 0 saturated heterocycles. The van der Waals surface area contributed by atoms with Crippen LogP contribution in [0.3, 0.4) is 0 Å². The number of benzene rings is 1. The van der Waals surface area contributed by atoms with Gasteiger partial charge >= 0.3 is 5.97 Å². The summed E-state index contributed by atoms with van der Waals surface area (Å²) in [5, 5.41) is 2.93. The average Bonchev–Trinajstić information content (AvgIpc) is 3.53. The highest BCUT2D eigenvalue weighted by atomic mass is 32.2. The number of rotatable bonds is 13. The monoisotopic (exact) mass is 419 g/mol. The molecule has 1 aromatic rings. The molecule has 3 atom stereocenters. The Morgan fingerprint density at radius 1 is 1.10 bits per heavy atom. The Labute approximate surface area is 178 Å². The van der Waals surface area contributed by atoms with E-state index in [1.165, 1.54) is 5.56 Å². The Morgan fingerprint density at radius 3 is 2.41 bits per heavy atom. The second kappa shape index (κ2) is 12.0. The lowest BCUT2D eigenvalue weighted by molar-refractivity contribution is -0.146. The van der Waals surface area contributed by atoms with Gasteiger partial charge in [0.25, 0.3) is 0 Å². The first-order valence-corrected chi connectivity index (χ1v) is 11.8. The highest BCUT2D eigenvalue weighted by Crippen LogP contribution is 2.39. The van der Waals surface area contributed by atoms with Crippen LogP contribution in [0, 0.1) is 17.8 Å². The van der Waals surface area contributed by atoms with Crippen LogP contribution in [0.15, 0.2) is 30.3 Å². The number of hydrogen-bond donors (Lipinski definition) is 1. The van der Waals surface area contributed by atoms with Gasteiger partial charge in [0.1, 0.15) is 0 Å². The van der Waals surface area contributed by atoms with Crippen molar-refractivity contribution < 1.29 is 19.1 Å². The quantitative estimate of drug-likeness (QED) is 0.489. The summed E-state index contributed by atoms with van der Waals surface area (Å²) in [7, 11) is 0. The lowest BCUT2D eigenvalue weighted by Gasteiger charge is -2.20. The van der Waals surface area contributed by atoms with Gasteiger partial charge in [0.05, 0.1) is 24.5 Å². The number of hydrogen-bond acceptors (Lipinski definition) is 5. The van der Waals surface area contributed by atoms with E-state index in [1.54, 1.807) is 18.7 Å². The first kappa shape index (κ1) is 23.5. The largest absolute Gasteiger partial charge is 0.466 e. The zero-order chi connectivity index (χ0) is 21.2. The van der Waals surface area contributed by atoms with Gasteiger partial charge in [0, 0.05) is 17.9 Å². The summed E-state index contributed by atoms with van der Waals surface area (Å²) in [6.07, 6.45) is 2.90. The molecule has 1 aromatic carbocycles. The summed E-state index contributed by atoms with van der Waals surface area (Å²) in [5.74, 6) is 0.516. The molecule has 2 rings (SSSR count). The first-order valence-electron chi connectivity index (χ1n) is 10.6. The van der Waals surface area contributed by atoms with Crippen molar-refractivity contribution in [3.63, 3.8) is 0 Å². The lowest BCUT2D eigenvalue weighted by atomic mass is 9.94. The van der Waals surface area contributed by atoms with Crippen LogP contribution in [0.4, 0.5) is 0 Å². The summed E-state index contributed by atoms with van der Waals surface area (Å²) >= 11 is 1.65. The molecular weight excluding hydrogens is 386 g/mol. The molecule has 1 N–H and O–H groups in total. The summed E-state index contributed by atoms with van der Waals surface area (Å²) in [5.41, 5.74) is 1.19. The minimum absolute atomic E-state index is 0.0842. The standard InChI is InChI=1S/C23H33NO4S/c1-4-16(5-2)12-21(25)20(15-29-14-17-10-8-7-9-11-17)24-22(26)18-13-19(18)23(27)28-6-3/h7-11,16,18-20H,4-6,12-15H2,1-3H3,(H,24,26)/t18-,19-,20-/m0/s1. The molecule has 1 amide bonds. The molecule has 0 unspecified atom stereocenters. The smallest absolute Gasteiger partial charge is 0.309 e. The van der Waals surface area contributed by atoms with Crippen LogP contribution in [0.5, 0.6) is 0 Å². The maximum Gasteiger partial charge on any atom is 0.309 e. The van der Waals surface area contributed by atoms with Gasteiger partial charge in [-0.25, -0.2) is 0 Å². The van der Waals surface area contributed by atoms with E-state index in [1.807, 2.05) is 18.2 Å². The van der Waals surface area contributed by atoms with Gasteiger partial charge in [0.15, 0.2) is 5.78 Å². The predicted octanol–water partition coefficient (Wildman–Crippen LogP) is 4.00. The fourth-order valence-corrected chi connectivity index (χ4v) is 4.41. The summed E-state index contributed by atoms with van der Waals surface area (Å²) in [6.45, 7) is 6.25. The van der Waals surface area contributed by atoms with E-state index >= 15 is 0 Å². The summed E-state index contributed by atoms with van der Waals surface area (Å²) in [6, 6.07) is 9.57. The van der Waals surface area contributed by atoms with Crippen molar-refractivity contribution in [1.82, 2.24) is 5.32 Å². The third-order valence-corrected chi connectivity index (χ3v) is 6.57. The van der Waals surface area contributed by atoms with Crippen LogP contribution >= 0.6 is 11.8 Å². The van der Waals surface area contributed by atoms with Gasteiger partial charge in [-0.2, -0.15) is 11.8 Å². The Hall–Kier alpha value is -1.82. The molecular formula is C23H33NO4S. The number of amides is 1. The molecule has 6 heteroatoms. The Balaban J connectivity index is 1.93. The fourth-order valence-electron chi connectivity index (χ4n) is 3.36. The molecule has 1 aliphatic carbocycles. The SMILES string of the molecule is CCOC(=O)[C@H]1C[C@@H]1C(=O)N[C@@H](CSCc1ccccc1)C(=O)CC(CC)CC. The molecule has 1 saturated carbocycles. The normalized spacial score (nSPS) is 18.9. The van der Waals surface area contributed by atoms with Crippen molar-refractivity contribution in [2.24, 2.45) is 17.8 Å². The minimum atomic E-state index is -0.514. The maximum absolute atomic E-state index is 12.9. The van der Waals surface area contributed by atoms with Crippen LogP contribution < -0.4 is 5.32 Å². The van der Waals surface area contributed by atoms with Gasteiger partial charge in [0.2, 0.25) is 5.91 Å². The number of esters is 1. The third-order valence-electron chi connectivity index (χ3n) is 5.46. The number of Topliss-reactive ketones (excluding diaryl/α,β-unsaturated/α-hetero) is 1. The van der Waals surface area contributed by atoms with E-state index in [4.69, 9.17) is 4.74 Å². The van der Waals surface area contributed by atoms with Crippen molar-refractivity contribution in [2.45, 2.75) is 58.2 Å². The lowest BCUT2D eigenvalue weighted by Crippen LogP contribution is -2.44. The molecule has 160 valence electrons. The van der Waals surface area contributed by atoms with E-state index in [-0.39, 0.29) is 29.5 Å². The zero-order valence-electron chi connectivity index (χ0n) is 17.7. The highest BCUT2D eigenvalue weighted by molar-refractivity contribution is 7.98. The van der Waals surface area contributed by atoms with Crippen LogP contribution in [0.1, 0.15) is 52.0 Å². The summed E-state index contributed by atoms with van der Waals surface area (Å²) in [4.78, 5) is 37.3. The number of nitrogens with one attached hydrogen (secondary N) is 1. The minimum Gasteiger partial charge on any atom is -0.466 e. The van der Waals surface area contributed by atoms with Crippen LogP contribution in [0.25, 0.3) is 0 Å². The molecule has 0 bridgehead atoms. The van der Waals surface area contributed by atoms with Gasteiger partial charge < -0.3 is 10.1 Å². The van der Waals surface area contributed by atoms with Gasteiger partial charge in [-0.05, 0) is 24.8 Å². The van der Waals surface area contributed by atoms with E-state index in [2.05, 4.69) is 31.3 Å². The first-order chi connectivity index (χ1) is 14.0. The average molecular weight is 420 g/mol. The van der Waals surface area contributed by atoms with Gasteiger partial charge in [-0.3, -0.25) is 14.4 Å². The van der Waals surface area contributed by atoms with E-state index in [0.717, 1.165) is 18.6 Å². The fraction of sp³-hybridized carbons (Fsp3) is 0.609. The Morgan fingerprint density at radius 2 is 1.79 bits per heavy atom. The molecule has 1 aliphatic rings. The molecule has 29 heavy (non-hydrogen) atoms. The highest BCUT2D eigenvalue weighted by Gasteiger charge is 2.49. The second-order valence-corrected chi connectivity index (χ2v) is 8.65. The van der Waals surface area contributed by atoms with Crippen molar-refractivity contribution >= 4 is 29.4 Å². The van der Waals surface area contributed by atoms with Crippen molar-refractivity contribution in [3.05, 3.63) is 35.9 Å². The van der Waals surface area contributed by atoms with Gasteiger partial charge in [-0.1, -0.05) is 57.0 Å². The number of carbonyl (C=O) groups is 3. The molecule has 0 radical (unpaired) electrons. The van der Waals surface area contributed by atoms with Crippen LogP contribution in [-0.4, -0.2) is 36.1 Å². The molecule has 0 spiro atoms. The maximum atomic E-state index is 12.9. The summed E-state index contributed by atoms with van der Waals surface area (Å²) < 4.78 is 5.00. The second-order valence-electron chi connectivity index (χ2n) is 7.62. The topological polar surface area (TPSA) is 72.5 Å². The molecule has 0 aliphatic heterocycles. The number of ether oxygens (including phenoxy) is 1. The molecule has 0 heterocycles. The van der Waals surface area contributed by atoms with Crippen molar-refractivity contribution in [3.8, 4) is 0 Å². The predicted molar refractivity (Wildman–Crippen MR) is 116 cm³/mol. The zero-order valence-corrected chi connectivity index (χ0v) is 18.5. The molecule has 5 nitrogen and oxygen atoms in total. The number of carbonyl (C=O) groups excluding carboxylic acids is 3. The van der Waals surface area contributed by atoms with Crippen molar-refractivity contribution in [1.29, 1.82) is 0 Å². The number of ketones is 1. The Bertz CT molecular complexity index is 675. The Kier molecular flexibility index (Phi) is 9.71. The van der Waals surface area contributed by atoms with E-state index < -0.39 is 6.04 Å². The van der Waals surface area contributed by atoms with E-state index in [9.17, 15) is 14.4 Å².